The van der Waals surface area contributed by atoms with Crippen molar-refractivity contribution in [3.8, 4) is 5.88 Å². The second-order valence-electron chi connectivity index (χ2n) is 2.15. The minimum Gasteiger partial charge on any atom is -0.481 e. The molecule has 72 valence electrons. The van der Waals surface area contributed by atoms with E-state index in [2.05, 4.69) is 4.98 Å². The molecule has 0 aliphatic rings. The molecular formula is C7H5ClF2INO. The summed E-state index contributed by atoms with van der Waals surface area (Å²) in [4.78, 5) is 3.63. The molecule has 0 fully saturated rings. The summed E-state index contributed by atoms with van der Waals surface area (Å²) >= 11 is 7.30. The number of methoxy groups -OCH3 is 1. The normalized spacial score (nSPS) is 10.6. The van der Waals surface area contributed by atoms with Gasteiger partial charge in [-0.3, -0.25) is 0 Å². The van der Waals surface area contributed by atoms with Gasteiger partial charge in [0.25, 0.3) is 6.43 Å². The van der Waals surface area contributed by atoms with E-state index < -0.39 is 6.43 Å². The molecule has 13 heavy (non-hydrogen) atoms. The van der Waals surface area contributed by atoms with Gasteiger partial charge in [-0.15, -0.1) is 0 Å². The van der Waals surface area contributed by atoms with E-state index in [1.807, 2.05) is 0 Å². The second kappa shape index (κ2) is 4.36. The van der Waals surface area contributed by atoms with Crippen LogP contribution in [0.25, 0.3) is 0 Å². The van der Waals surface area contributed by atoms with E-state index in [1.165, 1.54) is 13.2 Å². The number of nitrogens with zero attached hydrogens (tertiary/aromatic N) is 1. The molecule has 0 unspecified atom stereocenters. The van der Waals surface area contributed by atoms with Gasteiger partial charge in [-0.1, -0.05) is 11.6 Å². The Kier molecular flexibility index (Phi) is 3.66. The lowest BCUT2D eigenvalue weighted by Gasteiger charge is -2.06. The molecule has 0 bridgehead atoms. The molecule has 0 saturated heterocycles. The Morgan fingerprint density at radius 3 is 2.62 bits per heavy atom. The number of hydrogen-bond donors (Lipinski definition) is 0. The first kappa shape index (κ1) is 10.9. The van der Waals surface area contributed by atoms with Crippen LogP contribution >= 0.6 is 34.2 Å². The molecule has 2 nitrogen and oxygen atoms in total. The fourth-order valence-corrected chi connectivity index (χ4v) is 1.96. The zero-order chi connectivity index (χ0) is 10.0. The maximum atomic E-state index is 12.4. The molecule has 0 amide bonds. The molecule has 6 heteroatoms. The van der Waals surface area contributed by atoms with Crippen LogP contribution in [0.2, 0.25) is 5.15 Å². The van der Waals surface area contributed by atoms with Gasteiger partial charge in [0.2, 0.25) is 5.88 Å². The minimum atomic E-state index is -2.61. The van der Waals surface area contributed by atoms with E-state index in [0.29, 0.717) is 3.57 Å². The molecule has 1 heterocycles. The Balaban J connectivity index is 3.23. The highest BCUT2D eigenvalue weighted by Gasteiger charge is 2.18. The largest absolute Gasteiger partial charge is 0.481 e. The van der Waals surface area contributed by atoms with Gasteiger partial charge in [0, 0.05) is 9.64 Å². The molecular weight excluding hydrogens is 314 g/mol. The van der Waals surface area contributed by atoms with E-state index in [-0.39, 0.29) is 16.6 Å². The first-order valence-electron chi connectivity index (χ1n) is 3.24. The predicted octanol–water partition coefficient (Wildman–Crippen LogP) is 3.29. The zero-order valence-corrected chi connectivity index (χ0v) is 9.44. The van der Waals surface area contributed by atoms with Crippen molar-refractivity contribution in [2.45, 2.75) is 6.43 Å². The number of alkyl halides is 2. The molecule has 0 aliphatic heterocycles. The molecule has 0 atom stereocenters. The van der Waals surface area contributed by atoms with Crippen LogP contribution in [-0.4, -0.2) is 12.1 Å². The highest BCUT2D eigenvalue weighted by molar-refractivity contribution is 14.1. The lowest BCUT2D eigenvalue weighted by atomic mass is 10.3. The van der Waals surface area contributed by atoms with Crippen LogP contribution in [0.1, 0.15) is 12.0 Å². The number of hydrogen-bond acceptors (Lipinski definition) is 2. The summed E-state index contributed by atoms with van der Waals surface area (Å²) in [6, 6.07) is 1.41. The highest BCUT2D eigenvalue weighted by atomic mass is 127. The van der Waals surface area contributed by atoms with E-state index in [1.54, 1.807) is 22.6 Å². The Labute approximate surface area is 92.4 Å². The number of ether oxygens (including phenoxy) is 1. The quantitative estimate of drug-likeness (QED) is 0.616. The van der Waals surface area contributed by atoms with Crippen LogP contribution in [0.4, 0.5) is 8.78 Å². The Morgan fingerprint density at radius 2 is 2.23 bits per heavy atom. The van der Waals surface area contributed by atoms with Crippen molar-refractivity contribution in [3.63, 3.8) is 0 Å². The van der Waals surface area contributed by atoms with Crippen LogP contribution in [0.3, 0.4) is 0 Å². The van der Waals surface area contributed by atoms with Crippen molar-refractivity contribution < 1.29 is 13.5 Å². The summed E-state index contributed by atoms with van der Waals surface area (Å²) in [5.41, 5.74) is -0.247. The van der Waals surface area contributed by atoms with Gasteiger partial charge >= 0.3 is 0 Å². The number of aromatic nitrogens is 1. The molecule has 0 radical (unpaired) electrons. The average molecular weight is 319 g/mol. The van der Waals surface area contributed by atoms with Crippen LogP contribution in [0.5, 0.6) is 5.88 Å². The van der Waals surface area contributed by atoms with Gasteiger partial charge in [0.1, 0.15) is 5.15 Å². The zero-order valence-electron chi connectivity index (χ0n) is 6.52. The van der Waals surface area contributed by atoms with E-state index in [4.69, 9.17) is 16.3 Å². The van der Waals surface area contributed by atoms with Crippen molar-refractivity contribution in [2.24, 2.45) is 0 Å². The predicted molar refractivity (Wildman–Crippen MR) is 53.5 cm³/mol. The van der Waals surface area contributed by atoms with Gasteiger partial charge < -0.3 is 4.74 Å². The van der Waals surface area contributed by atoms with Crippen molar-refractivity contribution in [1.82, 2.24) is 4.98 Å². The SMILES string of the molecule is COc1cc(I)c(C(F)F)c(Cl)n1. The lowest BCUT2D eigenvalue weighted by Crippen LogP contribution is -1.96. The minimum absolute atomic E-state index is 0.209. The molecule has 1 aromatic heterocycles. The summed E-state index contributed by atoms with van der Waals surface area (Å²) < 4.78 is 29.8. The van der Waals surface area contributed by atoms with Crippen LogP contribution in [0.15, 0.2) is 6.07 Å². The summed E-state index contributed by atoms with van der Waals surface area (Å²) in [5.74, 6) is 0.235. The average Bonchev–Trinajstić information content (AvgIpc) is 2.02. The number of pyridine rings is 1. The Hall–Kier alpha value is -0.170. The lowest BCUT2D eigenvalue weighted by molar-refractivity contribution is 0.150. The third kappa shape index (κ3) is 2.40. The summed E-state index contributed by atoms with van der Waals surface area (Å²) in [6.45, 7) is 0. The van der Waals surface area contributed by atoms with Gasteiger partial charge in [-0.05, 0) is 22.6 Å². The maximum Gasteiger partial charge on any atom is 0.267 e. The Morgan fingerprint density at radius 1 is 1.62 bits per heavy atom. The first-order chi connectivity index (χ1) is 6.06. The topological polar surface area (TPSA) is 22.1 Å². The van der Waals surface area contributed by atoms with E-state index in [9.17, 15) is 8.78 Å². The van der Waals surface area contributed by atoms with Crippen LogP contribution < -0.4 is 4.74 Å². The summed E-state index contributed by atoms with van der Waals surface area (Å²) in [7, 11) is 1.40. The smallest absolute Gasteiger partial charge is 0.267 e. The fraction of sp³-hybridized carbons (Fsp3) is 0.286. The third-order valence-corrected chi connectivity index (χ3v) is 2.55. The summed E-state index contributed by atoms with van der Waals surface area (Å²) in [5, 5.41) is -0.209. The second-order valence-corrected chi connectivity index (χ2v) is 3.67. The van der Waals surface area contributed by atoms with Crippen molar-refractivity contribution in [3.05, 3.63) is 20.4 Å². The molecule has 0 aliphatic carbocycles. The number of rotatable bonds is 2. The van der Waals surface area contributed by atoms with Gasteiger partial charge in [0.05, 0.1) is 12.7 Å². The van der Waals surface area contributed by atoms with Crippen LogP contribution in [0, 0.1) is 3.57 Å². The van der Waals surface area contributed by atoms with E-state index >= 15 is 0 Å². The molecule has 1 aromatic rings. The monoisotopic (exact) mass is 319 g/mol. The fourth-order valence-electron chi connectivity index (χ4n) is 0.773. The van der Waals surface area contributed by atoms with Crippen molar-refractivity contribution in [1.29, 1.82) is 0 Å². The van der Waals surface area contributed by atoms with Crippen molar-refractivity contribution in [2.75, 3.05) is 7.11 Å². The van der Waals surface area contributed by atoms with E-state index in [0.717, 1.165) is 0 Å². The van der Waals surface area contributed by atoms with Gasteiger partial charge in [0.15, 0.2) is 0 Å². The maximum absolute atomic E-state index is 12.4. The van der Waals surface area contributed by atoms with Gasteiger partial charge in [-0.2, -0.15) is 0 Å². The first-order valence-corrected chi connectivity index (χ1v) is 4.70. The molecule has 0 spiro atoms. The molecule has 0 N–H and O–H groups in total. The van der Waals surface area contributed by atoms with Crippen LogP contribution in [-0.2, 0) is 0 Å². The Bertz CT molecular complexity index is 298. The molecule has 0 aromatic carbocycles. The summed E-state index contributed by atoms with van der Waals surface area (Å²) in [6.07, 6.45) is -2.61. The number of halogens is 4. The third-order valence-electron chi connectivity index (χ3n) is 1.37. The standard InChI is InChI=1S/C7H5ClF2INO/c1-13-4-2-3(11)5(7(9)10)6(8)12-4/h2,7H,1H3. The molecule has 1 rings (SSSR count). The van der Waals surface area contributed by atoms with Crippen molar-refractivity contribution >= 4 is 34.2 Å². The highest BCUT2D eigenvalue weighted by Crippen LogP contribution is 2.32. The van der Waals surface area contributed by atoms with Gasteiger partial charge in [-0.25, -0.2) is 13.8 Å². The molecule has 0 saturated carbocycles.